The molecule has 1 saturated heterocycles. The van der Waals surface area contributed by atoms with E-state index in [4.69, 9.17) is 0 Å². The summed E-state index contributed by atoms with van der Waals surface area (Å²) >= 11 is 4.44. The Balaban J connectivity index is 1.26. The number of fused-ring (bicyclic) bond motifs is 3. The third kappa shape index (κ3) is 3.48. The smallest absolute Gasteiger partial charge is 0.240 e. The Hall–Kier alpha value is -3.15. The minimum Gasteiger partial charge on any atom is -0.345 e. The number of para-hydroxylation sites is 1. The quantitative estimate of drug-likeness (QED) is 0.421. The van der Waals surface area contributed by atoms with E-state index in [1.54, 1.807) is 16.7 Å². The van der Waals surface area contributed by atoms with Crippen molar-refractivity contribution in [2.24, 2.45) is 4.99 Å². The molecule has 1 aliphatic heterocycles. The summed E-state index contributed by atoms with van der Waals surface area (Å²) in [6, 6.07) is 18.0. The highest BCUT2D eigenvalue weighted by Crippen LogP contribution is 2.42. The fraction of sp³-hybridized carbons (Fsp3) is 0.143. The van der Waals surface area contributed by atoms with Crippen molar-refractivity contribution in [1.82, 2.24) is 25.4 Å². The molecule has 6 rings (SSSR count). The maximum Gasteiger partial charge on any atom is 0.240 e. The van der Waals surface area contributed by atoms with Crippen LogP contribution in [0.1, 0.15) is 15.9 Å². The number of amides is 1. The minimum atomic E-state index is -0.0843. The van der Waals surface area contributed by atoms with E-state index in [9.17, 15) is 4.79 Å². The highest BCUT2D eigenvalue weighted by atomic mass is 32.2. The van der Waals surface area contributed by atoms with Gasteiger partial charge in [0.15, 0.2) is 0 Å². The van der Waals surface area contributed by atoms with E-state index in [0.29, 0.717) is 22.2 Å². The summed E-state index contributed by atoms with van der Waals surface area (Å²) in [5.41, 5.74) is 2.95. The third-order valence-corrected chi connectivity index (χ3v) is 8.05. The first-order chi connectivity index (χ1) is 15.8. The topological polar surface area (TPSA) is 100 Å². The summed E-state index contributed by atoms with van der Waals surface area (Å²) in [5.74, 6) is 0.474. The van der Waals surface area contributed by atoms with Crippen molar-refractivity contribution >= 4 is 66.7 Å². The molecule has 1 atom stereocenters. The zero-order chi connectivity index (χ0) is 21.5. The molecule has 5 aromatic rings. The van der Waals surface area contributed by atoms with Crippen LogP contribution in [0, 0.1) is 0 Å². The molecule has 11 heteroatoms. The number of carbonyl (C=O) groups excluding carboxylic acids is 1. The maximum atomic E-state index is 12.5. The van der Waals surface area contributed by atoms with Crippen molar-refractivity contribution in [1.29, 1.82) is 0 Å². The Morgan fingerprint density at radius 2 is 1.84 bits per heavy atom. The van der Waals surface area contributed by atoms with Crippen LogP contribution in [0.25, 0.3) is 21.3 Å². The zero-order valence-corrected chi connectivity index (χ0v) is 19.0. The van der Waals surface area contributed by atoms with Gasteiger partial charge >= 0.3 is 0 Å². The lowest BCUT2D eigenvalue weighted by molar-refractivity contribution is -0.115. The molecular weight excluding hydrogens is 462 g/mol. The van der Waals surface area contributed by atoms with Gasteiger partial charge in [-0.2, -0.15) is 0 Å². The second-order valence-corrected chi connectivity index (χ2v) is 10.2. The Morgan fingerprint density at radius 1 is 1.00 bits per heavy atom. The number of rotatable bonds is 4. The van der Waals surface area contributed by atoms with Crippen molar-refractivity contribution in [2.75, 3.05) is 10.7 Å². The molecule has 1 unspecified atom stereocenters. The SMILES string of the molecule is O=C1CSC(c2ccccc2)N1c1nnc(CN=c2nnc3c([nH]c4ccccc43)s2)s1. The Morgan fingerprint density at radius 3 is 2.75 bits per heavy atom. The third-order valence-electron chi connectivity index (χ3n) is 5.04. The standard InChI is InChI=1S/C21H15N7OS3/c29-16-11-30-19(12-6-2-1-3-7-12)28(16)21-27-24-15(31-21)10-22-20-26-25-17-13-8-4-5-9-14(13)23-18(17)32-20/h1-9,19,23H,10-11H2. The number of aromatic amines is 1. The highest BCUT2D eigenvalue weighted by molar-refractivity contribution is 8.00. The van der Waals surface area contributed by atoms with Crippen LogP contribution < -0.4 is 9.70 Å². The molecule has 1 aliphatic rings. The Labute approximate surface area is 194 Å². The fourth-order valence-corrected chi connectivity index (χ4v) is 6.41. The summed E-state index contributed by atoms with van der Waals surface area (Å²) in [6.07, 6.45) is 0. The molecular formula is C21H15N7OS3. The monoisotopic (exact) mass is 477 g/mol. The molecule has 0 bridgehead atoms. The van der Waals surface area contributed by atoms with E-state index < -0.39 is 0 Å². The maximum absolute atomic E-state index is 12.5. The normalized spacial score (nSPS) is 17.1. The number of nitrogens with zero attached hydrogens (tertiary/aromatic N) is 6. The van der Waals surface area contributed by atoms with Crippen molar-refractivity contribution in [2.45, 2.75) is 11.9 Å². The van der Waals surface area contributed by atoms with Crippen molar-refractivity contribution in [3.63, 3.8) is 0 Å². The first kappa shape index (κ1) is 19.5. The molecule has 3 aromatic heterocycles. The predicted molar refractivity (Wildman–Crippen MR) is 128 cm³/mol. The van der Waals surface area contributed by atoms with Gasteiger partial charge < -0.3 is 4.98 Å². The van der Waals surface area contributed by atoms with Crippen LogP contribution in [0.5, 0.6) is 0 Å². The summed E-state index contributed by atoms with van der Waals surface area (Å²) in [5, 5.41) is 19.4. The lowest BCUT2D eigenvalue weighted by Gasteiger charge is -2.20. The molecule has 0 radical (unpaired) electrons. The van der Waals surface area contributed by atoms with Crippen molar-refractivity contribution in [3.8, 4) is 0 Å². The van der Waals surface area contributed by atoms with Crippen LogP contribution in [0.2, 0.25) is 0 Å². The van der Waals surface area contributed by atoms with Gasteiger partial charge in [0, 0.05) is 10.9 Å². The molecule has 0 spiro atoms. The van der Waals surface area contributed by atoms with Crippen molar-refractivity contribution < 1.29 is 4.79 Å². The van der Waals surface area contributed by atoms with Crippen LogP contribution >= 0.6 is 34.4 Å². The van der Waals surface area contributed by atoms with Crippen molar-refractivity contribution in [3.05, 3.63) is 70.0 Å². The number of H-pyrrole nitrogens is 1. The average Bonchev–Trinajstić information content (AvgIpc) is 3.54. The molecule has 8 nitrogen and oxygen atoms in total. The molecule has 2 aromatic carbocycles. The lowest BCUT2D eigenvalue weighted by atomic mass is 10.2. The molecule has 158 valence electrons. The number of anilines is 1. The predicted octanol–water partition coefficient (Wildman–Crippen LogP) is 3.90. The van der Waals surface area contributed by atoms with Gasteiger partial charge in [0.2, 0.25) is 15.8 Å². The first-order valence-corrected chi connectivity index (χ1v) is 12.5. The molecule has 1 fully saturated rings. The van der Waals surface area contributed by atoms with Crippen LogP contribution in [-0.4, -0.2) is 37.0 Å². The second kappa shape index (κ2) is 8.08. The van der Waals surface area contributed by atoms with Crippen LogP contribution in [0.15, 0.2) is 59.6 Å². The highest BCUT2D eigenvalue weighted by Gasteiger charge is 2.36. The van der Waals surface area contributed by atoms with Gasteiger partial charge in [0.1, 0.15) is 20.7 Å². The summed E-state index contributed by atoms with van der Waals surface area (Å²) in [7, 11) is 0. The molecule has 1 N–H and O–H groups in total. The molecule has 1 amide bonds. The first-order valence-electron chi connectivity index (χ1n) is 9.82. The van der Waals surface area contributed by atoms with Gasteiger partial charge in [-0.3, -0.25) is 9.69 Å². The van der Waals surface area contributed by atoms with E-state index in [1.807, 2.05) is 54.6 Å². The fourth-order valence-electron chi connectivity index (χ4n) is 3.58. The largest absolute Gasteiger partial charge is 0.345 e. The number of hydrogen-bond donors (Lipinski definition) is 1. The lowest BCUT2D eigenvalue weighted by Crippen LogP contribution is -2.27. The van der Waals surface area contributed by atoms with Gasteiger partial charge in [-0.15, -0.1) is 32.2 Å². The van der Waals surface area contributed by atoms with E-state index in [-0.39, 0.29) is 11.3 Å². The van der Waals surface area contributed by atoms with Gasteiger partial charge in [-0.1, -0.05) is 71.2 Å². The second-order valence-electron chi connectivity index (χ2n) is 7.07. The molecule has 32 heavy (non-hydrogen) atoms. The van der Waals surface area contributed by atoms with Gasteiger partial charge in [0.05, 0.1) is 12.3 Å². The number of nitrogens with one attached hydrogen (secondary N) is 1. The Kier molecular flexibility index (Phi) is 4.93. The summed E-state index contributed by atoms with van der Waals surface area (Å²) in [6.45, 7) is 0.333. The van der Waals surface area contributed by atoms with Crippen LogP contribution in [0.3, 0.4) is 0 Å². The van der Waals surface area contributed by atoms with E-state index in [2.05, 4.69) is 30.4 Å². The van der Waals surface area contributed by atoms with Crippen LogP contribution in [-0.2, 0) is 11.3 Å². The van der Waals surface area contributed by atoms with E-state index in [0.717, 1.165) is 31.8 Å². The number of hydrogen-bond acceptors (Lipinski definition) is 9. The number of benzene rings is 2. The Bertz CT molecular complexity index is 1510. The summed E-state index contributed by atoms with van der Waals surface area (Å²) < 4.78 is 0. The van der Waals surface area contributed by atoms with Gasteiger partial charge in [-0.25, -0.2) is 4.99 Å². The van der Waals surface area contributed by atoms with Gasteiger partial charge in [-0.05, 0) is 11.6 Å². The van der Waals surface area contributed by atoms with E-state index >= 15 is 0 Å². The average molecular weight is 478 g/mol. The number of carbonyl (C=O) groups is 1. The number of thioether (sulfide) groups is 1. The molecule has 0 aliphatic carbocycles. The van der Waals surface area contributed by atoms with Crippen LogP contribution in [0.4, 0.5) is 5.13 Å². The molecule has 0 saturated carbocycles. The zero-order valence-electron chi connectivity index (χ0n) is 16.5. The number of aromatic nitrogens is 5. The molecule has 4 heterocycles. The minimum absolute atomic E-state index is 0.0424. The van der Waals surface area contributed by atoms with Gasteiger partial charge in [0.25, 0.3) is 0 Å². The summed E-state index contributed by atoms with van der Waals surface area (Å²) in [4.78, 5) is 23.7. The van der Waals surface area contributed by atoms with E-state index in [1.165, 1.54) is 22.7 Å².